The summed E-state index contributed by atoms with van der Waals surface area (Å²) >= 11 is 0. The largest absolute Gasteiger partial charge is 0.478 e. The van der Waals surface area contributed by atoms with Gasteiger partial charge in [0.1, 0.15) is 11.6 Å². The van der Waals surface area contributed by atoms with Crippen molar-refractivity contribution in [1.82, 2.24) is 0 Å². The van der Waals surface area contributed by atoms with E-state index in [2.05, 4.69) is 0 Å². The smallest absolute Gasteiger partial charge is 0.336 e. The van der Waals surface area contributed by atoms with Crippen LogP contribution in [0.2, 0.25) is 0 Å². The lowest BCUT2D eigenvalue weighted by Gasteiger charge is -2.11. The Balaban J connectivity index is 2.88. The van der Waals surface area contributed by atoms with Gasteiger partial charge in [-0.3, -0.25) is 0 Å². The lowest BCUT2D eigenvalue weighted by atomic mass is 9.94. The Kier molecular flexibility index (Phi) is 3.47. The Morgan fingerprint density at radius 3 is 1.40 bits per heavy atom. The molecule has 0 aliphatic carbocycles. The maximum absolute atomic E-state index is 13.9. The molecule has 0 saturated carbocycles. The average Bonchev–Trinajstić information content (AvgIpc) is 2.38. The van der Waals surface area contributed by atoms with Crippen LogP contribution < -0.4 is 0 Å². The van der Waals surface area contributed by atoms with E-state index in [1.165, 1.54) is 0 Å². The van der Waals surface area contributed by atoms with Crippen LogP contribution in [0.5, 0.6) is 0 Å². The minimum Gasteiger partial charge on any atom is -0.478 e. The predicted octanol–water partition coefficient (Wildman–Crippen LogP) is 3.03. The normalized spacial score (nSPS) is 10.3. The van der Waals surface area contributed by atoms with Gasteiger partial charge in [0.2, 0.25) is 0 Å². The van der Waals surface area contributed by atoms with Gasteiger partial charge in [0.15, 0.2) is 0 Å². The number of aromatic carboxylic acids is 2. The van der Waals surface area contributed by atoms with Gasteiger partial charge in [-0.2, -0.15) is 0 Å². The van der Waals surface area contributed by atoms with E-state index in [-0.39, 0.29) is 0 Å². The highest BCUT2D eigenvalue weighted by atomic mass is 19.1. The van der Waals surface area contributed by atoms with Crippen LogP contribution in [0.3, 0.4) is 0 Å². The lowest BCUT2D eigenvalue weighted by Crippen LogP contribution is -2.07. The molecule has 0 fully saturated rings. The van der Waals surface area contributed by atoms with E-state index in [0.717, 1.165) is 36.4 Å². The molecule has 2 aromatic carbocycles. The van der Waals surface area contributed by atoms with Crippen LogP contribution in [0, 0.1) is 11.6 Å². The zero-order chi connectivity index (χ0) is 14.9. The molecule has 4 nitrogen and oxygen atoms in total. The first-order chi connectivity index (χ1) is 9.43. The van der Waals surface area contributed by atoms with Crippen molar-refractivity contribution in [3.8, 4) is 11.1 Å². The zero-order valence-corrected chi connectivity index (χ0v) is 9.93. The topological polar surface area (TPSA) is 74.6 Å². The minimum atomic E-state index is -1.47. The van der Waals surface area contributed by atoms with Gasteiger partial charge in [0.05, 0.1) is 11.1 Å². The molecule has 2 aromatic rings. The molecule has 0 unspecified atom stereocenters. The summed E-state index contributed by atoms with van der Waals surface area (Å²) in [5, 5.41) is 18.1. The molecule has 0 saturated heterocycles. The number of hydrogen-bond donors (Lipinski definition) is 2. The maximum atomic E-state index is 13.9. The molecule has 6 heteroatoms. The standard InChI is InChI=1S/C14H8F2O4/c15-9-5-1-3-7(13(17)18)11(9)12-8(14(19)20)4-2-6-10(12)16/h1-6H,(H,17,18)(H,19,20). The fourth-order valence-corrected chi connectivity index (χ4v) is 1.91. The van der Waals surface area contributed by atoms with Crippen LogP contribution in [0.1, 0.15) is 20.7 Å². The van der Waals surface area contributed by atoms with Crippen LogP contribution in [-0.4, -0.2) is 22.2 Å². The molecule has 0 aliphatic heterocycles. The Morgan fingerprint density at radius 2 is 1.10 bits per heavy atom. The second-order valence-corrected chi connectivity index (χ2v) is 3.94. The van der Waals surface area contributed by atoms with Crippen LogP contribution in [0.25, 0.3) is 11.1 Å². The SMILES string of the molecule is O=C(O)c1cccc(F)c1-c1c(F)cccc1C(=O)O. The van der Waals surface area contributed by atoms with Crippen LogP contribution >= 0.6 is 0 Å². The van der Waals surface area contributed by atoms with E-state index in [4.69, 9.17) is 10.2 Å². The minimum absolute atomic E-state index is 0.502. The van der Waals surface area contributed by atoms with E-state index in [1.54, 1.807) is 0 Å². The van der Waals surface area contributed by atoms with Gasteiger partial charge in [-0.05, 0) is 24.3 Å². The fraction of sp³-hybridized carbons (Fsp3) is 0. The van der Waals surface area contributed by atoms with E-state index < -0.39 is 45.8 Å². The van der Waals surface area contributed by atoms with E-state index >= 15 is 0 Å². The van der Waals surface area contributed by atoms with Gasteiger partial charge in [-0.15, -0.1) is 0 Å². The van der Waals surface area contributed by atoms with E-state index in [9.17, 15) is 18.4 Å². The molecule has 0 radical (unpaired) electrons. The van der Waals surface area contributed by atoms with Crippen molar-refractivity contribution < 1.29 is 28.6 Å². The van der Waals surface area contributed by atoms with Gasteiger partial charge < -0.3 is 10.2 Å². The Morgan fingerprint density at radius 1 is 0.750 bits per heavy atom. The lowest BCUT2D eigenvalue weighted by molar-refractivity contribution is 0.0683. The Labute approximate surface area is 111 Å². The molecule has 0 bridgehead atoms. The summed E-state index contributed by atoms with van der Waals surface area (Å²) in [5.41, 5.74) is -2.15. The molecule has 0 atom stereocenters. The first-order valence-corrected chi connectivity index (χ1v) is 5.47. The zero-order valence-electron chi connectivity index (χ0n) is 9.93. The second kappa shape index (κ2) is 5.08. The molecule has 2 N–H and O–H groups in total. The number of carbonyl (C=O) groups is 2. The summed E-state index contributed by atoms with van der Waals surface area (Å²) in [6, 6.07) is 6.37. The number of rotatable bonds is 3. The van der Waals surface area contributed by atoms with Gasteiger partial charge in [-0.25, -0.2) is 18.4 Å². The molecule has 0 aromatic heterocycles. The van der Waals surface area contributed by atoms with Crippen molar-refractivity contribution in [1.29, 1.82) is 0 Å². The third-order valence-corrected chi connectivity index (χ3v) is 2.74. The maximum Gasteiger partial charge on any atom is 0.336 e. The van der Waals surface area contributed by atoms with Crippen molar-refractivity contribution in [2.75, 3.05) is 0 Å². The van der Waals surface area contributed by atoms with E-state index in [1.807, 2.05) is 0 Å². The van der Waals surface area contributed by atoms with Crippen LogP contribution in [0.15, 0.2) is 36.4 Å². The van der Waals surface area contributed by atoms with Gasteiger partial charge in [-0.1, -0.05) is 12.1 Å². The first-order valence-electron chi connectivity index (χ1n) is 5.47. The summed E-state index contributed by atoms with van der Waals surface area (Å²) < 4.78 is 27.8. The Bertz CT molecular complexity index is 649. The number of hydrogen-bond acceptors (Lipinski definition) is 2. The summed E-state index contributed by atoms with van der Waals surface area (Å²) in [6.07, 6.45) is 0. The van der Waals surface area contributed by atoms with Crippen molar-refractivity contribution in [3.05, 3.63) is 59.2 Å². The van der Waals surface area contributed by atoms with Crippen molar-refractivity contribution in [2.45, 2.75) is 0 Å². The highest BCUT2D eigenvalue weighted by Gasteiger charge is 2.24. The molecule has 2 rings (SSSR count). The van der Waals surface area contributed by atoms with E-state index in [0.29, 0.717) is 0 Å². The molecule has 0 spiro atoms. The number of benzene rings is 2. The Hall–Kier alpha value is -2.76. The molecule has 20 heavy (non-hydrogen) atoms. The summed E-state index contributed by atoms with van der Waals surface area (Å²) in [4.78, 5) is 22.2. The number of halogens is 2. The quantitative estimate of drug-likeness (QED) is 0.905. The van der Waals surface area contributed by atoms with Gasteiger partial charge >= 0.3 is 11.9 Å². The summed E-state index contributed by atoms with van der Waals surface area (Å²) in [7, 11) is 0. The van der Waals surface area contributed by atoms with Crippen LogP contribution in [-0.2, 0) is 0 Å². The third kappa shape index (κ3) is 2.23. The van der Waals surface area contributed by atoms with Gasteiger partial charge in [0.25, 0.3) is 0 Å². The molecular weight excluding hydrogens is 270 g/mol. The molecule has 102 valence electrons. The number of carboxylic acid groups (broad SMARTS) is 2. The highest BCUT2D eigenvalue weighted by molar-refractivity contribution is 6.02. The average molecular weight is 278 g/mol. The summed E-state index contributed by atoms with van der Waals surface area (Å²) in [6.45, 7) is 0. The first kappa shape index (κ1) is 13.7. The third-order valence-electron chi connectivity index (χ3n) is 2.74. The second-order valence-electron chi connectivity index (χ2n) is 3.94. The molecule has 0 heterocycles. The predicted molar refractivity (Wildman–Crippen MR) is 65.7 cm³/mol. The van der Waals surface area contributed by atoms with Crippen molar-refractivity contribution in [2.24, 2.45) is 0 Å². The highest BCUT2D eigenvalue weighted by Crippen LogP contribution is 2.32. The van der Waals surface area contributed by atoms with Crippen LogP contribution in [0.4, 0.5) is 8.78 Å². The fourth-order valence-electron chi connectivity index (χ4n) is 1.91. The monoisotopic (exact) mass is 278 g/mol. The number of carboxylic acids is 2. The van der Waals surface area contributed by atoms with Gasteiger partial charge in [0, 0.05) is 11.1 Å². The molecule has 0 aliphatic rings. The molecular formula is C14H8F2O4. The molecule has 0 amide bonds. The van der Waals surface area contributed by atoms with Crippen molar-refractivity contribution in [3.63, 3.8) is 0 Å². The van der Waals surface area contributed by atoms with Crippen molar-refractivity contribution >= 4 is 11.9 Å². The summed E-state index contributed by atoms with van der Waals surface area (Å²) in [5.74, 6) is -4.95.